The average molecular weight is 409 g/mol. The van der Waals surface area contributed by atoms with Gasteiger partial charge in [0.2, 0.25) is 6.10 Å². The average Bonchev–Trinajstić information content (AvgIpc) is 2.69. The number of aliphatic carboxylic acids is 1. The number of carbonyl (C=O) groups is 3. The van der Waals surface area contributed by atoms with Gasteiger partial charge in [0, 0.05) is 6.42 Å². The summed E-state index contributed by atoms with van der Waals surface area (Å²) in [6.45, 7) is 2.13. The van der Waals surface area contributed by atoms with Crippen LogP contribution in [0.15, 0.2) is 36.5 Å². The number of ether oxygens (including phenoxy) is 2. The maximum atomic E-state index is 11.7. The van der Waals surface area contributed by atoms with Gasteiger partial charge in [0.05, 0.1) is 13.5 Å². The highest BCUT2D eigenvalue weighted by atomic mass is 16.6. The van der Waals surface area contributed by atoms with Gasteiger partial charge < -0.3 is 14.6 Å². The zero-order chi connectivity index (χ0) is 21.7. The lowest BCUT2D eigenvalue weighted by molar-refractivity contribution is -0.169. The van der Waals surface area contributed by atoms with Gasteiger partial charge in [-0.15, -0.1) is 0 Å². The third kappa shape index (κ3) is 17.5. The SMILES string of the molecule is CC/C=C\C/C=C\C/C=C\CCCCCCCC(=O)O[C@@H](CC(=O)O)C(=O)OC. The predicted molar refractivity (Wildman–Crippen MR) is 113 cm³/mol. The fourth-order valence-corrected chi connectivity index (χ4v) is 2.57. The molecular formula is C23H36O6. The van der Waals surface area contributed by atoms with Crippen LogP contribution in [-0.2, 0) is 23.9 Å². The van der Waals surface area contributed by atoms with E-state index in [-0.39, 0.29) is 6.42 Å². The molecule has 0 amide bonds. The quantitative estimate of drug-likeness (QED) is 0.204. The molecule has 0 heterocycles. The Balaban J connectivity index is 3.69. The van der Waals surface area contributed by atoms with Crippen LogP contribution in [0.25, 0.3) is 0 Å². The maximum absolute atomic E-state index is 11.7. The Morgan fingerprint density at radius 3 is 2.07 bits per heavy atom. The number of hydrogen-bond acceptors (Lipinski definition) is 5. The number of carboxylic acids is 1. The van der Waals surface area contributed by atoms with Crippen molar-refractivity contribution in [3.8, 4) is 0 Å². The molecule has 0 spiro atoms. The van der Waals surface area contributed by atoms with E-state index in [0.29, 0.717) is 6.42 Å². The van der Waals surface area contributed by atoms with Gasteiger partial charge in [-0.3, -0.25) is 9.59 Å². The van der Waals surface area contributed by atoms with Gasteiger partial charge in [-0.1, -0.05) is 62.6 Å². The molecule has 0 aromatic rings. The second-order valence-corrected chi connectivity index (χ2v) is 6.70. The molecule has 0 unspecified atom stereocenters. The smallest absolute Gasteiger partial charge is 0.347 e. The van der Waals surface area contributed by atoms with Crippen LogP contribution < -0.4 is 0 Å². The molecule has 0 rings (SSSR count). The van der Waals surface area contributed by atoms with Crippen molar-refractivity contribution in [2.24, 2.45) is 0 Å². The van der Waals surface area contributed by atoms with E-state index in [1.807, 2.05) is 0 Å². The highest BCUT2D eigenvalue weighted by Gasteiger charge is 2.26. The van der Waals surface area contributed by atoms with Crippen molar-refractivity contribution in [2.45, 2.75) is 83.7 Å². The van der Waals surface area contributed by atoms with Crippen LogP contribution in [0.4, 0.5) is 0 Å². The van der Waals surface area contributed by atoms with E-state index in [0.717, 1.165) is 58.5 Å². The molecular weight excluding hydrogens is 372 g/mol. The fraction of sp³-hybridized carbons (Fsp3) is 0.609. The normalized spacial score (nSPS) is 12.6. The first-order valence-corrected chi connectivity index (χ1v) is 10.4. The van der Waals surface area contributed by atoms with Gasteiger partial charge in [0.15, 0.2) is 0 Å². The molecule has 1 N–H and O–H groups in total. The molecule has 6 heteroatoms. The molecule has 0 bridgehead atoms. The molecule has 0 aromatic heterocycles. The van der Waals surface area contributed by atoms with E-state index in [1.54, 1.807) is 0 Å². The molecule has 0 fully saturated rings. The number of unbranched alkanes of at least 4 members (excludes halogenated alkanes) is 5. The van der Waals surface area contributed by atoms with Gasteiger partial charge in [-0.05, 0) is 38.5 Å². The first kappa shape index (κ1) is 26.6. The van der Waals surface area contributed by atoms with Crippen LogP contribution in [0.1, 0.15) is 77.6 Å². The second kappa shape index (κ2) is 19.0. The molecule has 0 aliphatic heterocycles. The van der Waals surface area contributed by atoms with Crippen molar-refractivity contribution in [3.63, 3.8) is 0 Å². The van der Waals surface area contributed by atoms with Crippen molar-refractivity contribution in [3.05, 3.63) is 36.5 Å². The van der Waals surface area contributed by atoms with Crippen LogP contribution in [0.2, 0.25) is 0 Å². The topological polar surface area (TPSA) is 89.9 Å². The molecule has 164 valence electrons. The molecule has 0 saturated carbocycles. The third-order valence-corrected chi connectivity index (χ3v) is 4.13. The second-order valence-electron chi connectivity index (χ2n) is 6.70. The van der Waals surface area contributed by atoms with E-state index in [2.05, 4.69) is 48.1 Å². The van der Waals surface area contributed by atoms with Crippen LogP contribution >= 0.6 is 0 Å². The minimum absolute atomic E-state index is 0.173. The number of esters is 2. The standard InChI is InChI=1S/C23H36O6/c1-3-4-5-6-7-8-9-10-11-12-13-14-15-16-17-18-22(26)29-20(19-21(24)25)23(27)28-2/h4-5,7-8,10-11,20H,3,6,9,12-19H2,1-2H3,(H,24,25)/b5-4-,8-7-,11-10-/t20-/m0/s1. The Bertz CT molecular complexity index is 548. The Morgan fingerprint density at radius 2 is 1.45 bits per heavy atom. The monoisotopic (exact) mass is 408 g/mol. The van der Waals surface area contributed by atoms with Gasteiger partial charge in [-0.25, -0.2) is 4.79 Å². The van der Waals surface area contributed by atoms with Crippen molar-refractivity contribution in [2.75, 3.05) is 7.11 Å². The molecule has 0 radical (unpaired) electrons. The third-order valence-electron chi connectivity index (χ3n) is 4.13. The fourth-order valence-electron chi connectivity index (χ4n) is 2.57. The summed E-state index contributed by atoms with van der Waals surface area (Å²) < 4.78 is 9.37. The summed E-state index contributed by atoms with van der Waals surface area (Å²) in [5, 5.41) is 8.75. The van der Waals surface area contributed by atoms with Gasteiger partial charge in [-0.2, -0.15) is 0 Å². The summed E-state index contributed by atoms with van der Waals surface area (Å²) in [6, 6.07) is 0. The van der Waals surface area contributed by atoms with Crippen molar-refractivity contribution < 1.29 is 29.0 Å². The van der Waals surface area contributed by atoms with Crippen molar-refractivity contribution in [1.29, 1.82) is 0 Å². The number of methoxy groups -OCH3 is 1. The Hall–Kier alpha value is -2.37. The van der Waals surface area contributed by atoms with Crippen LogP contribution in [-0.4, -0.2) is 36.2 Å². The lowest BCUT2D eigenvalue weighted by Crippen LogP contribution is -2.30. The van der Waals surface area contributed by atoms with E-state index >= 15 is 0 Å². The summed E-state index contributed by atoms with van der Waals surface area (Å²) in [7, 11) is 1.13. The Labute approximate surface area is 174 Å². The largest absolute Gasteiger partial charge is 0.481 e. The van der Waals surface area contributed by atoms with Crippen LogP contribution in [0, 0.1) is 0 Å². The molecule has 0 aromatic carbocycles. The first-order chi connectivity index (χ1) is 14.0. The highest BCUT2D eigenvalue weighted by Crippen LogP contribution is 2.10. The molecule has 0 aliphatic carbocycles. The summed E-state index contributed by atoms with van der Waals surface area (Å²) in [4.78, 5) is 33.9. The van der Waals surface area contributed by atoms with E-state index in [1.165, 1.54) is 0 Å². The molecule has 1 atom stereocenters. The number of carbonyl (C=O) groups excluding carboxylic acids is 2. The lowest BCUT2D eigenvalue weighted by atomic mass is 10.1. The lowest BCUT2D eigenvalue weighted by Gasteiger charge is -2.13. The van der Waals surface area contributed by atoms with Crippen LogP contribution in [0.5, 0.6) is 0 Å². The van der Waals surface area contributed by atoms with Gasteiger partial charge >= 0.3 is 17.9 Å². The maximum Gasteiger partial charge on any atom is 0.347 e. The van der Waals surface area contributed by atoms with Gasteiger partial charge in [0.25, 0.3) is 0 Å². The molecule has 29 heavy (non-hydrogen) atoms. The predicted octanol–water partition coefficient (Wildman–Crippen LogP) is 5.14. The van der Waals surface area contributed by atoms with Crippen molar-refractivity contribution in [1.82, 2.24) is 0 Å². The molecule has 0 aliphatic rings. The summed E-state index contributed by atoms with van der Waals surface area (Å²) in [5.74, 6) is -2.64. The number of allylic oxidation sites excluding steroid dienone is 6. The van der Waals surface area contributed by atoms with Crippen LogP contribution in [0.3, 0.4) is 0 Å². The highest BCUT2D eigenvalue weighted by molar-refractivity contribution is 5.83. The number of carboxylic acid groups (broad SMARTS) is 1. The first-order valence-electron chi connectivity index (χ1n) is 10.4. The summed E-state index contributed by atoms with van der Waals surface area (Å²) >= 11 is 0. The number of hydrogen-bond donors (Lipinski definition) is 1. The minimum atomic E-state index is -1.38. The van der Waals surface area contributed by atoms with Gasteiger partial charge in [0.1, 0.15) is 0 Å². The minimum Gasteiger partial charge on any atom is -0.481 e. The molecule has 0 saturated heterocycles. The van der Waals surface area contributed by atoms with Crippen molar-refractivity contribution >= 4 is 17.9 Å². The zero-order valence-corrected chi connectivity index (χ0v) is 17.8. The van der Waals surface area contributed by atoms with E-state index in [4.69, 9.17) is 9.84 Å². The van der Waals surface area contributed by atoms with E-state index < -0.39 is 30.4 Å². The number of rotatable bonds is 17. The Morgan fingerprint density at radius 1 is 0.862 bits per heavy atom. The summed E-state index contributed by atoms with van der Waals surface area (Å²) in [5.41, 5.74) is 0. The zero-order valence-electron chi connectivity index (χ0n) is 17.8. The summed E-state index contributed by atoms with van der Waals surface area (Å²) in [6.07, 6.45) is 20.2. The molecule has 6 nitrogen and oxygen atoms in total. The van der Waals surface area contributed by atoms with E-state index in [9.17, 15) is 14.4 Å². The Kier molecular flexibility index (Phi) is 17.4.